The summed E-state index contributed by atoms with van der Waals surface area (Å²) in [5, 5.41) is 0. The first kappa shape index (κ1) is 26.9. The fourth-order valence-electron chi connectivity index (χ4n) is 11.2. The minimum atomic E-state index is -0.656. The van der Waals surface area contributed by atoms with Crippen molar-refractivity contribution >= 4 is 17.8 Å². The molecular weight excluding hydrogens is 462 g/mol. The highest BCUT2D eigenvalue weighted by molar-refractivity contribution is 6.01. The van der Waals surface area contributed by atoms with Crippen molar-refractivity contribution in [3.63, 3.8) is 0 Å². The summed E-state index contributed by atoms with van der Waals surface area (Å²) in [5.74, 6) is 1.55. The van der Waals surface area contributed by atoms with Gasteiger partial charge in [-0.25, -0.2) is 4.79 Å². The average molecular weight is 510 g/mol. The number of nitrogens with zero attached hydrogens (tertiary/aromatic N) is 1. The van der Waals surface area contributed by atoms with Crippen LogP contribution in [0.25, 0.3) is 0 Å². The van der Waals surface area contributed by atoms with Gasteiger partial charge in [-0.1, -0.05) is 48.5 Å². The number of carbonyl (C=O) groups excluding carboxylic acids is 3. The van der Waals surface area contributed by atoms with E-state index >= 15 is 0 Å². The quantitative estimate of drug-likeness (QED) is 0.233. The molecule has 0 heterocycles. The van der Waals surface area contributed by atoms with Gasteiger partial charge in [-0.3, -0.25) is 9.59 Å². The molecule has 0 amide bonds. The van der Waals surface area contributed by atoms with Crippen LogP contribution < -0.4 is 0 Å². The van der Waals surface area contributed by atoms with Gasteiger partial charge in [-0.05, 0) is 102 Å². The van der Waals surface area contributed by atoms with Crippen molar-refractivity contribution in [3.05, 3.63) is 11.1 Å². The van der Waals surface area contributed by atoms with Crippen molar-refractivity contribution in [2.75, 3.05) is 0 Å². The van der Waals surface area contributed by atoms with Crippen LogP contribution in [0.1, 0.15) is 113 Å². The Bertz CT molecular complexity index is 1100. The fourth-order valence-corrected chi connectivity index (χ4v) is 11.2. The van der Waals surface area contributed by atoms with Crippen molar-refractivity contribution in [3.8, 4) is 0 Å². The number of fused-ring (bicyclic) bond motifs is 7. The summed E-state index contributed by atoms with van der Waals surface area (Å²) in [6, 6.07) is 0. The van der Waals surface area contributed by atoms with Crippen LogP contribution in [0.15, 0.2) is 16.1 Å². The number of allylic oxidation sites excluding steroid dienone is 1. The number of carbonyl (C=O) groups is 2. The zero-order chi connectivity index (χ0) is 27.2. The third kappa shape index (κ3) is 3.41. The average Bonchev–Trinajstić information content (AvgIpc) is 3.08. The number of Topliss-reactive ketones (excluding diaryl/α,β-unsaturated/α-hetero) is 1. The maximum Gasteiger partial charge on any atom is 0.302 e. The van der Waals surface area contributed by atoms with Crippen molar-refractivity contribution < 1.29 is 19.1 Å². The van der Waals surface area contributed by atoms with Gasteiger partial charge in [0.25, 0.3) is 0 Å². The van der Waals surface area contributed by atoms with Crippen molar-refractivity contribution in [2.24, 2.45) is 50.3 Å². The van der Waals surface area contributed by atoms with Gasteiger partial charge in [0.2, 0.25) is 6.08 Å². The van der Waals surface area contributed by atoms with E-state index in [0.717, 1.165) is 56.9 Å². The molecule has 4 saturated carbocycles. The standard InChI is InChI=1S/C32H47NO4/c1-19(2)26-22(36)17-32(33-18-34)16-15-30(7)21(27(26)32)9-10-24-29(6)13-12-25(37-20(3)35)28(4,5)23(29)11-14-31(24,30)8/h19,21,23-25H,9-17H2,1-8H3/t21-,23+,24-,25?,29+,30-,31-,32-/m1/s1. The van der Waals surface area contributed by atoms with Crippen molar-refractivity contribution in [2.45, 2.75) is 125 Å². The first-order valence-electron chi connectivity index (χ1n) is 14.7. The van der Waals surface area contributed by atoms with E-state index in [2.05, 4.69) is 53.5 Å². The molecular formula is C32H47NO4. The molecule has 0 aromatic heterocycles. The van der Waals surface area contributed by atoms with Crippen LogP contribution in [-0.4, -0.2) is 29.5 Å². The van der Waals surface area contributed by atoms with E-state index in [4.69, 9.17) is 4.74 Å². The Labute approximate surface area is 223 Å². The number of aliphatic imine (C=N–C) groups is 1. The molecule has 0 bridgehead atoms. The van der Waals surface area contributed by atoms with Crippen LogP contribution in [0.3, 0.4) is 0 Å². The fraction of sp³-hybridized carbons (Fsp3) is 0.844. The van der Waals surface area contributed by atoms with Crippen LogP contribution in [0.4, 0.5) is 0 Å². The summed E-state index contributed by atoms with van der Waals surface area (Å²) in [6.07, 6.45) is 10.5. The maximum atomic E-state index is 13.3. The molecule has 5 rings (SSSR count). The summed E-state index contributed by atoms with van der Waals surface area (Å²) in [5.41, 5.74) is 1.85. The Morgan fingerprint density at radius 1 is 0.946 bits per heavy atom. The zero-order valence-electron chi connectivity index (χ0n) is 24.3. The topological polar surface area (TPSA) is 72.8 Å². The highest BCUT2D eigenvalue weighted by atomic mass is 16.5. The first-order valence-corrected chi connectivity index (χ1v) is 14.7. The second-order valence-electron chi connectivity index (χ2n) is 14.9. The molecule has 0 aromatic carbocycles. The number of ketones is 1. The molecule has 4 fully saturated rings. The number of esters is 1. The number of hydrogen-bond donors (Lipinski definition) is 0. The lowest BCUT2D eigenvalue weighted by molar-refractivity contribution is -0.231. The Kier molecular flexibility index (Phi) is 6.08. The molecule has 0 aliphatic heterocycles. The molecule has 5 aliphatic carbocycles. The smallest absolute Gasteiger partial charge is 0.302 e. The lowest BCUT2D eigenvalue weighted by Gasteiger charge is -2.71. The maximum absolute atomic E-state index is 13.3. The summed E-state index contributed by atoms with van der Waals surface area (Å²) < 4.78 is 5.87. The third-order valence-corrected chi connectivity index (χ3v) is 12.9. The molecule has 0 N–H and O–H groups in total. The van der Waals surface area contributed by atoms with E-state index in [1.54, 1.807) is 0 Å². The van der Waals surface area contributed by atoms with Crippen molar-refractivity contribution in [1.82, 2.24) is 0 Å². The molecule has 5 aliphatic rings. The normalized spacial score (nSPS) is 46.4. The van der Waals surface area contributed by atoms with Crippen LogP contribution in [0, 0.1) is 45.3 Å². The lowest BCUT2D eigenvalue weighted by Crippen LogP contribution is -2.66. The molecule has 8 atom stereocenters. The Morgan fingerprint density at radius 3 is 2.27 bits per heavy atom. The van der Waals surface area contributed by atoms with Gasteiger partial charge in [0.1, 0.15) is 11.6 Å². The largest absolute Gasteiger partial charge is 0.462 e. The molecule has 0 spiro atoms. The Hall–Kier alpha value is -1.74. The molecule has 0 radical (unpaired) electrons. The first-order chi connectivity index (χ1) is 17.2. The van der Waals surface area contributed by atoms with E-state index in [-0.39, 0.29) is 51.4 Å². The predicted octanol–water partition coefficient (Wildman–Crippen LogP) is 6.99. The van der Waals surface area contributed by atoms with Gasteiger partial charge in [-0.15, -0.1) is 0 Å². The highest BCUT2D eigenvalue weighted by Gasteiger charge is 2.70. The summed E-state index contributed by atoms with van der Waals surface area (Å²) in [6.45, 7) is 18.0. The van der Waals surface area contributed by atoms with Gasteiger partial charge in [0.15, 0.2) is 5.78 Å². The number of rotatable bonds is 3. The highest BCUT2D eigenvalue weighted by Crippen LogP contribution is 2.76. The van der Waals surface area contributed by atoms with Gasteiger partial charge < -0.3 is 4.74 Å². The second kappa shape index (κ2) is 8.38. The zero-order valence-corrected chi connectivity index (χ0v) is 24.3. The number of ether oxygens (including phenoxy) is 1. The van der Waals surface area contributed by atoms with E-state index in [1.807, 2.05) is 6.08 Å². The van der Waals surface area contributed by atoms with Crippen LogP contribution in [-0.2, 0) is 19.1 Å². The summed E-state index contributed by atoms with van der Waals surface area (Å²) in [4.78, 5) is 41.3. The van der Waals surface area contributed by atoms with Crippen LogP contribution >= 0.6 is 0 Å². The minimum Gasteiger partial charge on any atom is -0.462 e. The molecule has 204 valence electrons. The van der Waals surface area contributed by atoms with E-state index < -0.39 is 5.54 Å². The third-order valence-electron chi connectivity index (χ3n) is 12.9. The molecule has 5 nitrogen and oxygen atoms in total. The lowest BCUT2D eigenvalue weighted by atomic mass is 9.33. The van der Waals surface area contributed by atoms with E-state index in [9.17, 15) is 14.4 Å². The van der Waals surface area contributed by atoms with E-state index in [0.29, 0.717) is 18.3 Å². The number of isocyanates is 1. The predicted molar refractivity (Wildman–Crippen MR) is 143 cm³/mol. The van der Waals surface area contributed by atoms with Gasteiger partial charge in [0, 0.05) is 18.8 Å². The SMILES string of the molecule is CC(=O)OC1CC[C@]2(C)[C@H]3CC[C@@H]4C5=C(C(C)C)C(=O)C[C@]5(N=C=O)CC[C@@]4(C)[C@]3(C)CC[C@H]2C1(C)C. The monoisotopic (exact) mass is 509 g/mol. The van der Waals surface area contributed by atoms with Crippen LogP contribution in [0.2, 0.25) is 0 Å². The van der Waals surface area contributed by atoms with Crippen molar-refractivity contribution in [1.29, 1.82) is 0 Å². The molecule has 0 saturated heterocycles. The molecule has 37 heavy (non-hydrogen) atoms. The van der Waals surface area contributed by atoms with Gasteiger partial charge >= 0.3 is 5.97 Å². The van der Waals surface area contributed by atoms with Gasteiger partial charge in [-0.2, -0.15) is 4.99 Å². The van der Waals surface area contributed by atoms with Gasteiger partial charge in [0.05, 0.1) is 0 Å². The molecule has 0 aromatic rings. The Balaban J connectivity index is 1.57. The van der Waals surface area contributed by atoms with E-state index in [1.165, 1.54) is 12.5 Å². The minimum absolute atomic E-state index is 0.0147. The molecule has 5 heteroatoms. The summed E-state index contributed by atoms with van der Waals surface area (Å²) >= 11 is 0. The Morgan fingerprint density at radius 2 is 1.65 bits per heavy atom. The number of hydrogen-bond acceptors (Lipinski definition) is 5. The molecule has 1 unspecified atom stereocenters. The summed E-state index contributed by atoms with van der Waals surface area (Å²) in [7, 11) is 0. The van der Waals surface area contributed by atoms with Crippen LogP contribution in [0.5, 0.6) is 0 Å². The second-order valence-corrected chi connectivity index (χ2v) is 14.9.